The number of nitrogens with zero attached hydrogens (tertiary/aromatic N) is 3. The molecule has 1 aromatic heterocycles. The van der Waals surface area contributed by atoms with Crippen LogP contribution >= 0.6 is 15.9 Å². The molecule has 1 aromatic rings. The minimum absolute atomic E-state index is 0.561. The third-order valence-electron chi connectivity index (χ3n) is 2.65. The van der Waals surface area contributed by atoms with Gasteiger partial charge in [-0.05, 0) is 35.2 Å². The Bertz CT molecular complexity index is 312. The molecule has 1 aliphatic heterocycles. The zero-order valence-corrected chi connectivity index (χ0v) is 10.0. The second-order valence-corrected chi connectivity index (χ2v) is 4.96. The number of halogens is 1. The van der Waals surface area contributed by atoms with Crippen molar-refractivity contribution in [3.8, 4) is 0 Å². The molecule has 0 N–H and O–H groups in total. The lowest BCUT2D eigenvalue weighted by Crippen LogP contribution is -2.28. The molecule has 1 aliphatic rings. The predicted octanol–water partition coefficient (Wildman–Crippen LogP) is 2.47. The Morgan fingerprint density at radius 3 is 2.50 bits per heavy atom. The summed E-state index contributed by atoms with van der Waals surface area (Å²) < 4.78 is 0.932. The van der Waals surface area contributed by atoms with Crippen molar-refractivity contribution >= 4 is 21.9 Å². The molecule has 0 radical (unpaired) electrons. The Balaban J connectivity index is 2.19. The van der Waals surface area contributed by atoms with E-state index in [1.54, 1.807) is 12.4 Å². The van der Waals surface area contributed by atoms with Crippen molar-refractivity contribution in [1.82, 2.24) is 9.97 Å². The second kappa shape index (κ2) is 3.85. The summed E-state index contributed by atoms with van der Waals surface area (Å²) in [5.41, 5.74) is 0. The molecule has 2 heterocycles. The van der Waals surface area contributed by atoms with Gasteiger partial charge in [-0.2, -0.15) is 0 Å². The van der Waals surface area contributed by atoms with Gasteiger partial charge in [0.1, 0.15) is 0 Å². The first-order chi connectivity index (χ1) is 6.66. The highest BCUT2D eigenvalue weighted by molar-refractivity contribution is 9.10. The maximum absolute atomic E-state index is 4.31. The summed E-state index contributed by atoms with van der Waals surface area (Å²) in [4.78, 5) is 10.9. The van der Waals surface area contributed by atoms with Gasteiger partial charge >= 0.3 is 0 Å². The summed E-state index contributed by atoms with van der Waals surface area (Å²) in [6.07, 6.45) is 4.84. The van der Waals surface area contributed by atoms with Crippen molar-refractivity contribution in [1.29, 1.82) is 0 Å². The van der Waals surface area contributed by atoms with Crippen LogP contribution in [0.25, 0.3) is 0 Å². The molecule has 0 spiro atoms. The van der Waals surface area contributed by atoms with E-state index in [1.807, 2.05) is 0 Å². The first-order valence-electron chi connectivity index (χ1n) is 4.91. The lowest BCUT2D eigenvalue weighted by molar-refractivity contribution is 0.624. The summed E-state index contributed by atoms with van der Waals surface area (Å²) in [7, 11) is 0. The number of anilines is 1. The fourth-order valence-electron chi connectivity index (χ4n) is 2.03. The summed E-state index contributed by atoms with van der Waals surface area (Å²) in [6, 6.07) is 0.561. The van der Waals surface area contributed by atoms with Gasteiger partial charge in [-0.15, -0.1) is 0 Å². The van der Waals surface area contributed by atoms with Crippen LogP contribution in [-0.2, 0) is 0 Å². The van der Waals surface area contributed by atoms with Crippen LogP contribution in [0.4, 0.5) is 5.95 Å². The van der Waals surface area contributed by atoms with Gasteiger partial charge in [0.25, 0.3) is 0 Å². The Morgan fingerprint density at radius 1 is 1.36 bits per heavy atom. The first kappa shape index (κ1) is 9.90. The van der Waals surface area contributed by atoms with Crippen molar-refractivity contribution in [3.63, 3.8) is 0 Å². The zero-order chi connectivity index (χ0) is 10.1. The molecular weight excluding hydrogens is 242 g/mol. The smallest absolute Gasteiger partial charge is 0.225 e. The van der Waals surface area contributed by atoms with E-state index in [-0.39, 0.29) is 0 Å². The van der Waals surface area contributed by atoms with Crippen LogP contribution in [-0.4, -0.2) is 22.6 Å². The van der Waals surface area contributed by atoms with Gasteiger partial charge in [-0.3, -0.25) is 0 Å². The molecule has 4 heteroatoms. The monoisotopic (exact) mass is 255 g/mol. The quantitative estimate of drug-likeness (QED) is 0.772. The van der Waals surface area contributed by atoms with E-state index in [4.69, 9.17) is 0 Å². The van der Waals surface area contributed by atoms with Gasteiger partial charge in [-0.25, -0.2) is 9.97 Å². The average Bonchev–Trinajstić information content (AvgIpc) is 2.47. The van der Waals surface area contributed by atoms with E-state index >= 15 is 0 Å². The summed E-state index contributed by atoms with van der Waals surface area (Å²) in [6.45, 7) is 5.58. The largest absolute Gasteiger partial charge is 0.338 e. The van der Waals surface area contributed by atoms with E-state index in [0.29, 0.717) is 6.04 Å². The van der Waals surface area contributed by atoms with Crippen LogP contribution in [0.15, 0.2) is 16.9 Å². The number of rotatable bonds is 1. The Morgan fingerprint density at radius 2 is 2.00 bits per heavy atom. The molecule has 1 fully saturated rings. The minimum atomic E-state index is 0.561. The molecule has 0 aromatic carbocycles. The fraction of sp³-hybridized carbons (Fsp3) is 0.600. The molecule has 2 rings (SSSR count). The summed E-state index contributed by atoms with van der Waals surface area (Å²) in [5.74, 6) is 1.60. The van der Waals surface area contributed by atoms with Crippen molar-refractivity contribution in [3.05, 3.63) is 16.9 Å². The van der Waals surface area contributed by atoms with E-state index in [1.165, 1.54) is 6.42 Å². The molecule has 2 atom stereocenters. The zero-order valence-electron chi connectivity index (χ0n) is 8.44. The Kier molecular flexibility index (Phi) is 2.72. The van der Waals surface area contributed by atoms with Gasteiger partial charge < -0.3 is 4.90 Å². The highest BCUT2D eigenvalue weighted by atomic mass is 79.9. The van der Waals surface area contributed by atoms with E-state index in [0.717, 1.165) is 22.9 Å². The van der Waals surface area contributed by atoms with E-state index in [2.05, 4.69) is 44.6 Å². The Hall–Kier alpha value is -0.640. The minimum Gasteiger partial charge on any atom is -0.338 e. The molecular formula is C10H14BrN3. The van der Waals surface area contributed by atoms with Gasteiger partial charge in [0, 0.05) is 25.0 Å². The molecule has 14 heavy (non-hydrogen) atoms. The van der Waals surface area contributed by atoms with Crippen molar-refractivity contribution in [2.24, 2.45) is 5.92 Å². The molecule has 0 amide bonds. The van der Waals surface area contributed by atoms with Gasteiger partial charge in [0.15, 0.2) is 0 Å². The molecule has 0 bridgehead atoms. The summed E-state index contributed by atoms with van der Waals surface area (Å²) in [5, 5.41) is 0. The van der Waals surface area contributed by atoms with Gasteiger partial charge in [0.2, 0.25) is 5.95 Å². The van der Waals surface area contributed by atoms with Gasteiger partial charge in [-0.1, -0.05) is 6.92 Å². The molecule has 0 saturated carbocycles. The predicted molar refractivity (Wildman–Crippen MR) is 60.3 cm³/mol. The SMILES string of the molecule is CC1CC(C)N(c2ncc(Br)cn2)C1. The number of hydrogen-bond donors (Lipinski definition) is 0. The molecule has 3 nitrogen and oxygen atoms in total. The topological polar surface area (TPSA) is 29.0 Å². The van der Waals surface area contributed by atoms with Crippen LogP contribution in [0.5, 0.6) is 0 Å². The van der Waals surface area contributed by atoms with Crippen molar-refractivity contribution in [2.45, 2.75) is 26.3 Å². The lowest BCUT2D eigenvalue weighted by Gasteiger charge is -2.20. The first-order valence-corrected chi connectivity index (χ1v) is 5.70. The fourth-order valence-corrected chi connectivity index (χ4v) is 2.24. The normalized spacial score (nSPS) is 26.9. The highest BCUT2D eigenvalue weighted by Gasteiger charge is 2.27. The van der Waals surface area contributed by atoms with Gasteiger partial charge in [0.05, 0.1) is 4.47 Å². The highest BCUT2D eigenvalue weighted by Crippen LogP contribution is 2.25. The van der Waals surface area contributed by atoms with Crippen LogP contribution < -0.4 is 4.90 Å². The van der Waals surface area contributed by atoms with Crippen LogP contribution in [0, 0.1) is 5.92 Å². The molecule has 0 aliphatic carbocycles. The number of aromatic nitrogens is 2. The Labute approximate surface area is 92.7 Å². The van der Waals surface area contributed by atoms with Crippen LogP contribution in [0.1, 0.15) is 20.3 Å². The molecule has 2 unspecified atom stereocenters. The van der Waals surface area contributed by atoms with E-state index in [9.17, 15) is 0 Å². The second-order valence-electron chi connectivity index (χ2n) is 4.04. The van der Waals surface area contributed by atoms with Crippen molar-refractivity contribution in [2.75, 3.05) is 11.4 Å². The van der Waals surface area contributed by atoms with Crippen LogP contribution in [0.3, 0.4) is 0 Å². The number of hydrogen-bond acceptors (Lipinski definition) is 3. The third-order valence-corrected chi connectivity index (χ3v) is 3.06. The average molecular weight is 256 g/mol. The van der Waals surface area contributed by atoms with Crippen molar-refractivity contribution < 1.29 is 0 Å². The standard InChI is InChI=1S/C10H14BrN3/c1-7-3-8(2)14(6-7)10-12-4-9(11)5-13-10/h4-5,7-8H,3,6H2,1-2H3. The van der Waals surface area contributed by atoms with Crippen LogP contribution in [0.2, 0.25) is 0 Å². The molecule has 1 saturated heterocycles. The third kappa shape index (κ3) is 1.90. The van der Waals surface area contributed by atoms with E-state index < -0.39 is 0 Å². The maximum atomic E-state index is 4.31. The maximum Gasteiger partial charge on any atom is 0.225 e. The lowest BCUT2D eigenvalue weighted by atomic mass is 10.1. The summed E-state index contributed by atoms with van der Waals surface area (Å²) >= 11 is 3.34. The molecule has 76 valence electrons.